The number of thioether (sulfide) groups is 1. The van der Waals surface area contributed by atoms with Gasteiger partial charge in [-0.15, -0.1) is 0 Å². The van der Waals surface area contributed by atoms with Gasteiger partial charge in [-0.05, 0) is 6.92 Å². The molecule has 0 aliphatic carbocycles. The van der Waals surface area contributed by atoms with Gasteiger partial charge in [-0.1, -0.05) is 25.4 Å². The molecular weight excluding hydrogens is 254 g/mol. The maximum atomic E-state index is 6.05. The summed E-state index contributed by atoms with van der Waals surface area (Å²) in [5, 5.41) is 1.17. The molecule has 0 radical (unpaired) electrons. The van der Waals surface area contributed by atoms with Gasteiger partial charge in [0.25, 0.3) is 0 Å². The van der Waals surface area contributed by atoms with Gasteiger partial charge in [-0.2, -0.15) is 11.8 Å². The van der Waals surface area contributed by atoms with Gasteiger partial charge in [0.2, 0.25) is 0 Å². The number of halogens is 1. The lowest BCUT2D eigenvalue weighted by Gasteiger charge is -2.38. The zero-order valence-corrected chi connectivity index (χ0v) is 12.1. The molecule has 2 heterocycles. The Hall–Kier alpha value is -0.480. The highest BCUT2D eigenvalue weighted by Crippen LogP contribution is 2.28. The van der Waals surface area contributed by atoms with Crippen LogP contribution in [0.1, 0.15) is 26.6 Å². The van der Waals surface area contributed by atoms with Crippen LogP contribution in [0.2, 0.25) is 5.15 Å². The molecular formula is C12H18ClN3S. The number of hydrogen-bond acceptors (Lipinski definition) is 4. The molecule has 1 fully saturated rings. The molecule has 2 unspecified atom stereocenters. The number of nitrogens with zero attached hydrogens (tertiary/aromatic N) is 3. The van der Waals surface area contributed by atoms with Gasteiger partial charge >= 0.3 is 0 Å². The molecule has 0 spiro atoms. The van der Waals surface area contributed by atoms with Crippen LogP contribution in [0, 0.1) is 0 Å². The van der Waals surface area contributed by atoms with E-state index in [-0.39, 0.29) is 0 Å². The molecule has 94 valence electrons. The molecule has 0 aromatic carbocycles. The molecule has 2 rings (SSSR count). The van der Waals surface area contributed by atoms with Crippen molar-refractivity contribution >= 4 is 29.2 Å². The molecule has 1 aromatic rings. The summed E-state index contributed by atoms with van der Waals surface area (Å²) in [5.41, 5.74) is 0. The second-order valence-corrected chi connectivity index (χ2v) is 6.20. The van der Waals surface area contributed by atoms with E-state index in [0.29, 0.717) is 16.4 Å². The number of anilines is 1. The number of aryl methyl sites for hydroxylation is 1. The predicted octanol–water partition coefficient (Wildman–Crippen LogP) is 3.02. The fourth-order valence-electron chi connectivity index (χ4n) is 2.01. The van der Waals surface area contributed by atoms with E-state index in [1.807, 2.05) is 24.8 Å². The number of rotatable bonds is 2. The third-order valence-electron chi connectivity index (χ3n) is 3.22. The van der Waals surface area contributed by atoms with Crippen molar-refractivity contribution in [2.45, 2.75) is 38.5 Å². The first-order valence-electron chi connectivity index (χ1n) is 6.03. The van der Waals surface area contributed by atoms with Crippen LogP contribution >= 0.6 is 23.4 Å². The van der Waals surface area contributed by atoms with E-state index in [1.54, 1.807) is 0 Å². The number of aromatic nitrogens is 2. The molecule has 1 aliphatic heterocycles. The normalized spacial score (nSPS) is 25.1. The van der Waals surface area contributed by atoms with Crippen molar-refractivity contribution in [1.82, 2.24) is 9.97 Å². The van der Waals surface area contributed by atoms with Crippen LogP contribution in [0.3, 0.4) is 0 Å². The highest BCUT2D eigenvalue weighted by molar-refractivity contribution is 8.00. The Bertz CT molecular complexity index is 399. The quantitative estimate of drug-likeness (QED) is 0.774. The molecule has 1 aromatic heterocycles. The lowest BCUT2D eigenvalue weighted by molar-refractivity contribution is 0.618. The molecule has 3 nitrogen and oxygen atoms in total. The summed E-state index contributed by atoms with van der Waals surface area (Å²) in [6, 6.07) is 2.37. The lowest BCUT2D eigenvalue weighted by atomic mass is 10.2. The molecule has 0 N–H and O–H groups in total. The van der Waals surface area contributed by atoms with Gasteiger partial charge in [0, 0.05) is 36.1 Å². The summed E-state index contributed by atoms with van der Waals surface area (Å²) < 4.78 is 0. The van der Waals surface area contributed by atoms with E-state index >= 15 is 0 Å². The first-order chi connectivity index (χ1) is 8.11. The van der Waals surface area contributed by atoms with Crippen molar-refractivity contribution < 1.29 is 0 Å². The van der Waals surface area contributed by atoms with E-state index in [2.05, 4.69) is 28.7 Å². The molecule has 5 heteroatoms. The average Bonchev–Trinajstić information content (AvgIpc) is 2.31. The van der Waals surface area contributed by atoms with Crippen LogP contribution in [0.5, 0.6) is 0 Å². The zero-order chi connectivity index (χ0) is 12.4. The van der Waals surface area contributed by atoms with Crippen LogP contribution in [0.4, 0.5) is 5.82 Å². The second-order valence-electron chi connectivity index (χ2n) is 4.33. The maximum absolute atomic E-state index is 6.05. The third kappa shape index (κ3) is 2.86. The Morgan fingerprint density at radius 2 is 2.24 bits per heavy atom. The van der Waals surface area contributed by atoms with Crippen molar-refractivity contribution in [2.75, 3.05) is 17.2 Å². The minimum Gasteiger partial charge on any atom is -0.352 e. The fraction of sp³-hybridized carbons (Fsp3) is 0.667. The second kappa shape index (κ2) is 5.44. The zero-order valence-electron chi connectivity index (χ0n) is 10.5. The summed E-state index contributed by atoms with van der Waals surface area (Å²) in [6.07, 6.45) is 0.820. The van der Waals surface area contributed by atoms with Crippen molar-refractivity contribution in [3.63, 3.8) is 0 Å². The van der Waals surface area contributed by atoms with E-state index in [4.69, 9.17) is 11.6 Å². The highest BCUT2D eigenvalue weighted by Gasteiger charge is 2.26. The largest absolute Gasteiger partial charge is 0.352 e. The standard InChI is InChI=1S/C12H18ClN3S/c1-4-11-14-10(13)7-12(15-11)16-5-6-17-9(3)8(16)2/h7-9H,4-6H2,1-3H3. The molecule has 0 bridgehead atoms. The van der Waals surface area contributed by atoms with Crippen molar-refractivity contribution in [3.8, 4) is 0 Å². The van der Waals surface area contributed by atoms with Gasteiger partial charge in [-0.25, -0.2) is 9.97 Å². The third-order valence-corrected chi connectivity index (χ3v) is 4.75. The van der Waals surface area contributed by atoms with Crippen molar-refractivity contribution in [1.29, 1.82) is 0 Å². The van der Waals surface area contributed by atoms with E-state index < -0.39 is 0 Å². The van der Waals surface area contributed by atoms with E-state index in [9.17, 15) is 0 Å². The molecule has 0 amide bonds. The smallest absolute Gasteiger partial charge is 0.134 e. The average molecular weight is 272 g/mol. The first kappa shape index (κ1) is 13.0. The van der Waals surface area contributed by atoms with Crippen molar-refractivity contribution in [3.05, 3.63) is 17.0 Å². The Balaban J connectivity index is 2.29. The van der Waals surface area contributed by atoms with Crippen molar-refractivity contribution in [2.24, 2.45) is 0 Å². The molecule has 2 atom stereocenters. The number of hydrogen-bond donors (Lipinski definition) is 0. The lowest BCUT2D eigenvalue weighted by Crippen LogP contribution is -2.45. The highest BCUT2D eigenvalue weighted by atomic mass is 35.5. The SMILES string of the molecule is CCc1nc(Cl)cc(N2CCSC(C)C2C)n1. The Morgan fingerprint density at radius 3 is 2.94 bits per heavy atom. The van der Waals surface area contributed by atoms with Crippen LogP contribution in [0.15, 0.2) is 6.07 Å². The van der Waals surface area contributed by atoms with Gasteiger partial charge in [-0.3, -0.25) is 0 Å². The van der Waals surface area contributed by atoms with Gasteiger partial charge < -0.3 is 4.90 Å². The van der Waals surface area contributed by atoms with Crippen LogP contribution in [-0.2, 0) is 6.42 Å². The summed E-state index contributed by atoms with van der Waals surface area (Å²) >= 11 is 8.07. The van der Waals surface area contributed by atoms with Gasteiger partial charge in [0.15, 0.2) is 0 Å². The monoisotopic (exact) mass is 271 g/mol. The van der Waals surface area contributed by atoms with Crippen LogP contribution in [-0.4, -0.2) is 33.6 Å². The van der Waals surface area contributed by atoms with Gasteiger partial charge in [0.1, 0.15) is 16.8 Å². The Kier molecular flexibility index (Phi) is 4.15. The topological polar surface area (TPSA) is 29.0 Å². The minimum absolute atomic E-state index is 0.490. The minimum atomic E-state index is 0.490. The molecule has 17 heavy (non-hydrogen) atoms. The Labute approximate surface area is 112 Å². The molecule has 1 saturated heterocycles. The van der Waals surface area contributed by atoms with Gasteiger partial charge in [0.05, 0.1) is 0 Å². The summed E-state index contributed by atoms with van der Waals surface area (Å²) in [5.74, 6) is 2.95. The summed E-state index contributed by atoms with van der Waals surface area (Å²) in [7, 11) is 0. The maximum Gasteiger partial charge on any atom is 0.134 e. The van der Waals surface area contributed by atoms with Crippen LogP contribution in [0.25, 0.3) is 0 Å². The first-order valence-corrected chi connectivity index (χ1v) is 7.46. The predicted molar refractivity (Wildman–Crippen MR) is 75.1 cm³/mol. The summed E-state index contributed by atoms with van der Waals surface area (Å²) in [4.78, 5) is 11.1. The summed E-state index contributed by atoms with van der Waals surface area (Å²) in [6.45, 7) is 7.60. The van der Waals surface area contributed by atoms with Crippen LogP contribution < -0.4 is 4.90 Å². The Morgan fingerprint density at radius 1 is 1.47 bits per heavy atom. The van der Waals surface area contributed by atoms with E-state index in [0.717, 1.165) is 30.4 Å². The molecule has 1 aliphatic rings. The fourth-order valence-corrected chi connectivity index (χ4v) is 3.31. The molecule has 0 saturated carbocycles. The van der Waals surface area contributed by atoms with E-state index in [1.165, 1.54) is 0 Å².